The van der Waals surface area contributed by atoms with Crippen molar-refractivity contribution in [1.82, 2.24) is 0 Å². The van der Waals surface area contributed by atoms with Gasteiger partial charge in [-0.2, -0.15) is 5.26 Å². The zero-order chi connectivity index (χ0) is 12.7. The molecule has 86 valence electrons. The lowest BCUT2D eigenvalue weighted by Gasteiger charge is -2.07. The summed E-state index contributed by atoms with van der Waals surface area (Å²) in [6.45, 7) is 0. The molecule has 3 heteroatoms. The van der Waals surface area contributed by atoms with Crippen molar-refractivity contribution in [2.45, 2.75) is 0 Å². The fourth-order valence-corrected chi connectivity index (χ4v) is 3.22. The summed E-state index contributed by atoms with van der Waals surface area (Å²) >= 11 is 6.99. The van der Waals surface area contributed by atoms with Crippen LogP contribution >= 0.6 is 31.9 Å². The molecule has 3 aromatic rings. The SMILES string of the molecule is N#Cc1cc(Br)cc2ccc3c(Br)cccc3c12. The number of rotatable bonds is 0. The van der Waals surface area contributed by atoms with Gasteiger partial charge in [0.15, 0.2) is 0 Å². The molecule has 0 spiro atoms. The largest absolute Gasteiger partial charge is 0.192 e. The third-order valence-electron chi connectivity index (χ3n) is 3.01. The molecule has 0 fully saturated rings. The average Bonchev–Trinajstić information content (AvgIpc) is 2.37. The number of nitriles is 1. The van der Waals surface area contributed by atoms with Crippen molar-refractivity contribution in [3.05, 3.63) is 57.0 Å². The molecule has 0 aliphatic carbocycles. The van der Waals surface area contributed by atoms with Crippen LogP contribution < -0.4 is 0 Å². The first-order valence-electron chi connectivity index (χ1n) is 5.41. The topological polar surface area (TPSA) is 23.8 Å². The van der Waals surface area contributed by atoms with Gasteiger partial charge >= 0.3 is 0 Å². The molecule has 3 aromatic carbocycles. The molecule has 0 aliphatic rings. The summed E-state index contributed by atoms with van der Waals surface area (Å²) in [6, 6.07) is 16.4. The predicted molar refractivity (Wildman–Crippen MR) is 81.6 cm³/mol. The quantitative estimate of drug-likeness (QED) is 0.493. The van der Waals surface area contributed by atoms with E-state index < -0.39 is 0 Å². The first-order chi connectivity index (χ1) is 8.70. The first kappa shape index (κ1) is 11.7. The fourth-order valence-electron chi connectivity index (χ4n) is 2.25. The Morgan fingerprint density at radius 1 is 0.944 bits per heavy atom. The second kappa shape index (κ2) is 4.38. The Morgan fingerprint density at radius 3 is 2.56 bits per heavy atom. The summed E-state index contributed by atoms with van der Waals surface area (Å²) < 4.78 is 1.98. The Morgan fingerprint density at radius 2 is 1.78 bits per heavy atom. The van der Waals surface area contributed by atoms with Crippen LogP contribution in [0.4, 0.5) is 0 Å². The molecule has 0 aliphatic heterocycles. The number of fused-ring (bicyclic) bond motifs is 3. The van der Waals surface area contributed by atoms with E-state index in [1.165, 1.54) is 0 Å². The van der Waals surface area contributed by atoms with Gasteiger partial charge in [-0.3, -0.25) is 0 Å². The van der Waals surface area contributed by atoms with Crippen molar-refractivity contribution in [1.29, 1.82) is 5.26 Å². The summed E-state index contributed by atoms with van der Waals surface area (Å²) in [4.78, 5) is 0. The molecular formula is C15H7Br2N. The molecule has 0 saturated carbocycles. The van der Waals surface area contributed by atoms with Crippen LogP contribution in [-0.2, 0) is 0 Å². The van der Waals surface area contributed by atoms with E-state index in [1.807, 2.05) is 30.3 Å². The Kier molecular flexibility index (Phi) is 2.85. The van der Waals surface area contributed by atoms with E-state index in [9.17, 15) is 5.26 Å². The molecule has 1 nitrogen and oxygen atoms in total. The van der Waals surface area contributed by atoms with Crippen LogP contribution in [0.25, 0.3) is 21.5 Å². The Bertz CT molecular complexity index is 816. The van der Waals surface area contributed by atoms with Gasteiger partial charge in [0.25, 0.3) is 0 Å². The van der Waals surface area contributed by atoms with Crippen LogP contribution in [0.1, 0.15) is 5.56 Å². The number of hydrogen-bond acceptors (Lipinski definition) is 1. The second-order valence-corrected chi connectivity index (χ2v) is 5.83. The van der Waals surface area contributed by atoms with Crippen LogP contribution in [0.5, 0.6) is 0 Å². The average molecular weight is 361 g/mol. The van der Waals surface area contributed by atoms with E-state index in [2.05, 4.69) is 50.1 Å². The van der Waals surface area contributed by atoms with Crippen molar-refractivity contribution in [3.63, 3.8) is 0 Å². The third-order valence-corrected chi connectivity index (χ3v) is 4.16. The van der Waals surface area contributed by atoms with Crippen molar-refractivity contribution < 1.29 is 0 Å². The highest BCUT2D eigenvalue weighted by Gasteiger charge is 2.08. The molecule has 3 rings (SSSR count). The normalized spacial score (nSPS) is 10.7. The van der Waals surface area contributed by atoms with E-state index in [4.69, 9.17) is 0 Å². The van der Waals surface area contributed by atoms with Crippen LogP contribution in [0.15, 0.2) is 51.4 Å². The van der Waals surface area contributed by atoms with Crippen molar-refractivity contribution in [2.24, 2.45) is 0 Å². The monoisotopic (exact) mass is 359 g/mol. The summed E-state index contributed by atoms with van der Waals surface area (Å²) in [5.74, 6) is 0. The summed E-state index contributed by atoms with van der Waals surface area (Å²) in [7, 11) is 0. The lowest BCUT2D eigenvalue weighted by molar-refractivity contribution is 1.50. The number of halogens is 2. The highest BCUT2D eigenvalue weighted by molar-refractivity contribution is 9.11. The van der Waals surface area contributed by atoms with E-state index in [-0.39, 0.29) is 0 Å². The standard InChI is InChI=1S/C15H7Br2N/c16-11-6-9-4-5-12-13(2-1-3-14(12)17)15(9)10(7-11)8-18/h1-7H. The zero-order valence-corrected chi connectivity index (χ0v) is 12.4. The Balaban J connectivity index is 2.62. The van der Waals surface area contributed by atoms with Crippen LogP contribution in [0, 0.1) is 11.3 Å². The highest BCUT2D eigenvalue weighted by atomic mass is 79.9. The van der Waals surface area contributed by atoms with Crippen LogP contribution in [0.3, 0.4) is 0 Å². The maximum absolute atomic E-state index is 9.31. The lowest BCUT2D eigenvalue weighted by atomic mass is 9.98. The highest BCUT2D eigenvalue weighted by Crippen LogP contribution is 2.33. The number of benzene rings is 3. The van der Waals surface area contributed by atoms with E-state index >= 15 is 0 Å². The fraction of sp³-hybridized carbons (Fsp3) is 0. The molecule has 0 unspecified atom stereocenters. The summed E-state index contributed by atoms with van der Waals surface area (Å²) in [5.41, 5.74) is 0.697. The molecule has 0 saturated heterocycles. The van der Waals surface area contributed by atoms with Gasteiger partial charge in [-0.25, -0.2) is 0 Å². The molecule has 0 bridgehead atoms. The molecule has 18 heavy (non-hydrogen) atoms. The van der Waals surface area contributed by atoms with Crippen molar-refractivity contribution >= 4 is 53.4 Å². The van der Waals surface area contributed by atoms with E-state index in [0.29, 0.717) is 5.56 Å². The number of nitrogens with zero attached hydrogens (tertiary/aromatic N) is 1. The number of hydrogen-bond donors (Lipinski definition) is 0. The molecule has 0 radical (unpaired) electrons. The van der Waals surface area contributed by atoms with Gasteiger partial charge in [-0.15, -0.1) is 0 Å². The van der Waals surface area contributed by atoms with Crippen LogP contribution in [0.2, 0.25) is 0 Å². The second-order valence-electron chi connectivity index (χ2n) is 4.06. The van der Waals surface area contributed by atoms with Crippen molar-refractivity contribution in [3.8, 4) is 6.07 Å². The van der Waals surface area contributed by atoms with Gasteiger partial charge in [-0.1, -0.05) is 56.1 Å². The minimum absolute atomic E-state index is 0.697. The molecule has 0 amide bonds. The Labute approximate surface area is 121 Å². The van der Waals surface area contributed by atoms with E-state index in [1.54, 1.807) is 0 Å². The third kappa shape index (κ3) is 1.73. The van der Waals surface area contributed by atoms with Gasteiger partial charge in [0, 0.05) is 14.3 Å². The summed E-state index contributed by atoms with van der Waals surface area (Å²) in [6.07, 6.45) is 0. The molecule has 0 aromatic heterocycles. The minimum atomic E-state index is 0.697. The first-order valence-corrected chi connectivity index (χ1v) is 7.00. The van der Waals surface area contributed by atoms with Gasteiger partial charge in [0.05, 0.1) is 11.6 Å². The molecule has 0 N–H and O–H groups in total. The molecule has 0 heterocycles. The maximum atomic E-state index is 9.31. The Hall–Kier alpha value is -1.37. The van der Waals surface area contributed by atoms with Gasteiger partial charge < -0.3 is 0 Å². The van der Waals surface area contributed by atoms with Gasteiger partial charge in [0.1, 0.15) is 0 Å². The maximum Gasteiger partial charge on any atom is 0.0998 e. The molecule has 0 atom stereocenters. The van der Waals surface area contributed by atoms with Crippen LogP contribution in [-0.4, -0.2) is 0 Å². The lowest BCUT2D eigenvalue weighted by Crippen LogP contribution is -1.84. The molecular weight excluding hydrogens is 354 g/mol. The van der Waals surface area contributed by atoms with E-state index in [0.717, 1.165) is 30.5 Å². The predicted octanol–water partition coefficient (Wildman–Crippen LogP) is 5.39. The van der Waals surface area contributed by atoms with Gasteiger partial charge in [-0.05, 0) is 34.4 Å². The zero-order valence-electron chi connectivity index (χ0n) is 9.24. The van der Waals surface area contributed by atoms with Gasteiger partial charge in [0.2, 0.25) is 0 Å². The van der Waals surface area contributed by atoms with Crippen molar-refractivity contribution in [2.75, 3.05) is 0 Å². The minimum Gasteiger partial charge on any atom is -0.192 e. The summed E-state index contributed by atoms with van der Waals surface area (Å²) in [5, 5.41) is 13.6. The smallest absolute Gasteiger partial charge is 0.0998 e.